The van der Waals surface area contributed by atoms with Crippen LogP contribution in [0.4, 0.5) is 17.1 Å². The maximum atomic E-state index is 13.6. The summed E-state index contributed by atoms with van der Waals surface area (Å²) in [4.78, 5) is 39.9. The van der Waals surface area contributed by atoms with Gasteiger partial charge in [0.1, 0.15) is 0 Å². The van der Waals surface area contributed by atoms with E-state index in [1.54, 1.807) is 60.7 Å². The lowest BCUT2D eigenvalue weighted by Crippen LogP contribution is -2.25. The largest absolute Gasteiger partial charge is 0.355 e. The Balaban J connectivity index is 1.65. The van der Waals surface area contributed by atoms with Gasteiger partial charge in [-0.15, -0.1) is 0 Å². The second-order valence-corrected chi connectivity index (χ2v) is 7.87. The van der Waals surface area contributed by atoms with E-state index in [1.165, 1.54) is 0 Å². The highest BCUT2D eigenvalue weighted by Crippen LogP contribution is 2.38. The number of hydrogen-bond donors (Lipinski definition) is 2. The second-order valence-electron chi connectivity index (χ2n) is 7.87. The molecular formula is C28H20N2O3. The number of amides is 1. The number of benzene rings is 4. The highest BCUT2D eigenvalue weighted by Gasteiger charge is 2.34. The Kier molecular flexibility index (Phi) is 5.07. The van der Waals surface area contributed by atoms with Gasteiger partial charge in [0.25, 0.3) is 5.91 Å². The maximum Gasteiger partial charge on any atom is 0.255 e. The molecule has 2 N–H and O–H groups in total. The van der Waals surface area contributed by atoms with Gasteiger partial charge in [0.05, 0.1) is 22.5 Å². The Morgan fingerprint density at radius 1 is 0.606 bits per heavy atom. The molecule has 0 saturated carbocycles. The molecule has 5 rings (SSSR count). The molecule has 5 nitrogen and oxygen atoms in total. The molecule has 33 heavy (non-hydrogen) atoms. The van der Waals surface area contributed by atoms with E-state index in [-0.39, 0.29) is 28.6 Å². The molecule has 0 saturated heterocycles. The molecule has 0 spiro atoms. The van der Waals surface area contributed by atoms with Crippen molar-refractivity contribution in [1.82, 2.24) is 0 Å². The molecule has 0 heterocycles. The van der Waals surface area contributed by atoms with Gasteiger partial charge in [0.15, 0.2) is 11.6 Å². The Morgan fingerprint density at radius 3 is 1.82 bits per heavy atom. The van der Waals surface area contributed by atoms with Gasteiger partial charge in [-0.25, -0.2) is 0 Å². The topological polar surface area (TPSA) is 75.3 Å². The highest BCUT2D eigenvalue weighted by atomic mass is 16.2. The fourth-order valence-corrected chi connectivity index (χ4v) is 4.07. The number of aryl methyl sites for hydroxylation is 1. The lowest BCUT2D eigenvalue weighted by molar-refractivity contribution is 0.0979. The zero-order valence-corrected chi connectivity index (χ0v) is 17.9. The highest BCUT2D eigenvalue weighted by molar-refractivity contribution is 6.32. The van der Waals surface area contributed by atoms with E-state index in [0.717, 1.165) is 11.3 Å². The molecule has 0 bridgehead atoms. The zero-order valence-electron chi connectivity index (χ0n) is 17.9. The molecular weight excluding hydrogens is 412 g/mol. The summed E-state index contributed by atoms with van der Waals surface area (Å²) in [7, 11) is 0. The monoisotopic (exact) mass is 432 g/mol. The number of anilines is 3. The molecule has 0 aromatic heterocycles. The van der Waals surface area contributed by atoms with E-state index in [4.69, 9.17) is 0 Å². The summed E-state index contributed by atoms with van der Waals surface area (Å²) in [5.41, 5.74) is 4.26. The van der Waals surface area contributed by atoms with Gasteiger partial charge >= 0.3 is 0 Å². The van der Waals surface area contributed by atoms with Crippen molar-refractivity contribution >= 4 is 34.5 Å². The summed E-state index contributed by atoms with van der Waals surface area (Å²) in [6.07, 6.45) is 0. The van der Waals surface area contributed by atoms with E-state index < -0.39 is 0 Å². The number of hydrogen-bond acceptors (Lipinski definition) is 4. The van der Waals surface area contributed by atoms with Gasteiger partial charge in [-0.2, -0.15) is 0 Å². The van der Waals surface area contributed by atoms with Gasteiger partial charge < -0.3 is 10.6 Å². The van der Waals surface area contributed by atoms with Crippen LogP contribution in [0.5, 0.6) is 0 Å². The molecule has 0 aliphatic heterocycles. The minimum absolute atomic E-state index is 0.196. The molecule has 0 fully saturated rings. The van der Waals surface area contributed by atoms with Crippen molar-refractivity contribution < 1.29 is 14.4 Å². The summed E-state index contributed by atoms with van der Waals surface area (Å²) < 4.78 is 0. The Hall–Kier alpha value is -4.51. The predicted octanol–water partition coefficient (Wildman–Crippen LogP) is 5.77. The second kappa shape index (κ2) is 8.20. The van der Waals surface area contributed by atoms with Crippen LogP contribution in [0.3, 0.4) is 0 Å². The molecule has 5 heteroatoms. The third-order valence-corrected chi connectivity index (χ3v) is 5.77. The van der Waals surface area contributed by atoms with E-state index in [0.29, 0.717) is 28.1 Å². The van der Waals surface area contributed by atoms with Crippen molar-refractivity contribution in [1.29, 1.82) is 0 Å². The van der Waals surface area contributed by atoms with E-state index in [9.17, 15) is 14.4 Å². The molecule has 0 atom stereocenters. The summed E-state index contributed by atoms with van der Waals surface area (Å²) in [6, 6.07) is 26.6. The van der Waals surface area contributed by atoms with Crippen molar-refractivity contribution in [3.8, 4) is 0 Å². The summed E-state index contributed by atoms with van der Waals surface area (Å²) >= 11 is 0. The minimum atomic E-state index is -0.350. The third-order valence-electron chi connectivity index (χ3n) is 5.77. The number of carbonyl (C=O) groups is 3. The van der Waals surface area contributed by atoms with Crippen molar-refractivity contribution in [3.63, 3.8) is 0 Å². The number of carbonyl (C=O) groups excluding carboxylic acids is 3. The normalized spacial score (nSPS) is 12.0. The van der Waals surface area contributed by atoms with Gasteiger partial charge in [-0.1, -0.05) is 60.7 Å². The van der Waals surface area contributed by atoms with Crippen LogP contribution in [-0.2, 0) is 0 Å². The number of fused-ring (bicyclic) bond motifs is 2. The van der Waals surface area contributed by atoms with E-state index >= 15 is 0 Å². The number of para-hydroxylation sites is 1. The van der Waals surface area contributed by atoms with Gasteiger partial charge in [-0.3, -0.25) is 14.4 Å². The minimum Gasteiger partial charge on any atom is -0.355 e. The lowest BCUT2D eigenvalue weighted by Gasteiger charge is -2.24. The van der Waals surface area contributed by atoms with Crippen LogP contribution < -0.4 is 10.6 Å². The number of ketones is 2. The van der Waals surface area contributed by atoms with Crippen molar-refractivity contribution in [2.75, 3.05) is 10.6 Å². The molecule has 0 unspecified atom stereocenters. The van der Waals surface area contributed by atoms with Crippen molar-refractivity contribution in [3.05, 3.63) is 124 Å². The molecule has 1 aliphatic carbocycles. The summed E-state index contributed by atoms with van der Waals surface area (Å²) in [5.74, 6) is -0.902. The standard InChI is InChI=1S/C28H20N2O3/c1-17-9-5-8-14-21(17)29-22-15-16-23(30-28(33)18-10-3-2-4-11-18)25-24(22)26(31)19-12-6-7-13-20(19)27(25)32/h2-16,29H,1H3,(H,30,33). The first kappa shape index (κ1) is 20.4. The maximum absolute atomic E-state index is 13.6. The zero-order chi connectivity index (χ0) is 22.9. The van der Waals surface area contributed by atoms with Gasteiger partial charge in [0, 0.05) is 22.4 Å². The fourth-order valence-electron chi connectivity index (χ4n) is 4.07. The first-order chi connectivity index (χ1) is 16.0. The van der Waals surface area contributed by atoms with Crippen LogP contribution in [0.1, 0.15) is 47.8 Å². The van der Waals surface area contributed by atoms with Gasteiger partial charge in [0.2, 0.25) is 0 Å². The smallest absolute Gasteiger partial charge is 0.255 e. The Bertz CT molecular complexity index is 1420. The average molecular weight is 432 g/mol. The van der Waals surface area contributed by atoms with Gasteiger partial charge in [-0.05, 0) is 42.8 Å². The van der Waals surface area contributed by atoms with Crippen molar-refractivity contribution in [2.24, 2.45) is 0 Å². The SMILES string of the molecule is Cc1ccccc1Nc1ccc(NC(=O)c2ccccc2)c2c1C(=O)c1ccccc1C2=O. The molecule has 1 aliphatic rings. The van der Waals surface area contributed by atoms with Crippen LogP contribution in [-0.4, -0.2) is 17.5 Å². The first-order valence-corrected chi connectivity index (χ1v) is 10.6. The quantitative estimate of drug-likeness (QED) is 0.378. The molecule has 4 aromatic carbocycles. The lowest BCUT2D eigenvalue weighted by atomic mass is 9.82. The first-order valence-electron chi connectivity index (χ1n) is 10.6. The van der Waals surface area contributed by atoms with Crippen LogP contribution in [0, 0.1) is 6.92 Å². The Morgan fingerprint density at radius 2 is 1.15 bits per heavy atom. The predicted molar refractivity (Wildman–Crippen MR) is 129 cm³/mol. The van der Waals surface area contributed by atoms with E-state index in [1.807, 2.05) is 37.3 Å². The average Bonchev–Trinajstić information content (AvgIpc) is 2.85. The fraction of sp³-hybridized carbons (Fsp3) is 0.0357. The molecule has 0 radical (unpaired) electrons. The summed E-state index contributed by atoms with van der Waals surface area (Å²) in [5, 5.41) is 6.14. The van der Waals surface area contributed by atoms with E-state index in [2.05, 4.69) is 10.6 Å². The van der Waals surface area contributed by atoms with Crippen LogP contribution in [0.25, 0.3) is 0 Å². The molecule has 160 valence electrons. The van der Waals surface area contributed by atoms with Crippen LogP contribution in [0.15, 0.2) is 91.0 Å². The number of nitrogens with one attached hydrogen (secondary N) is 2. The number of rotatable bonds is 4. The Labute approximate surface area is 191 Å². The summed E-state index contributed by atoms with van der Waals surface area (Å²) in [6.45, 7) is 1.96. The van der Waals surface area contributed by atoms with Crippen LogP contribution in [0.2, 0.25) is 0 Å². The molecule has 1 amide bonds. The van der Waals surface area contributed by atoms with Crippen LogP contribution >= 0.6 is 0 Å². The third kappa shape index (κ3) is 3.59. The van der Waals surface area contributed by atoms with Crippen molar-refractivity contribution in [2.45, 2.75) is 6.92 Å². The molecule has 4 aromatic rings.